The molecule has 0 radical (unpaired) electrons. The number of hydrogen-bond donors (Lipinski definition) is 4. The van der Waals surface area contributed by atoms with Gasteiger partial charge in [-0.1, -0.05) is 49.2 Å². The normalized spacial score (nSPS) is 12.2. The molecule has 0 aliphatic rings. The second kappa shape index (κ2) is 15.0. The van der Waals surface area contributed by atoms with Crippen molar-refractivity contribution in [2.24, 2.45) is 0 Å². The lowest BCUT2D eigenvalue weighted by Gasteiger charge is -2.14. The van der Waals surface area contributed by atoms with E-state index in [0.29, 0.717) is 17.7 Å². The first-order chi connectivity index (χ1) is 14.7. The summed E-state index contributed by atoms with van der Waals surface area (Å²) in [6.45, 7) is 2.78. The van der Waals surface area contributed by atoms with Gasteiger partial charge in [0.05, 0.1) is 12.7 Å². The number of aromatic hydroxyl groups is 1. The maximum absolute atomic E-state index is 10.2. The minimum absolute atomic E-state index is 0.0570. The number of hydrogen-bond acceptors (Lipinski definition) is 5. The summed E-state index contributed by atoms with van der Waals surface area (Å²) in [6, 6.07) is 15.4. The number of nitrogens with one attached hydrogen (secondary N) is 1. The van der Waals surface area contributed by atoms with E-state index in [9.17, 15) is 15.3 Å². The van der Waals surface area contributed by atoms with Gasteiger partial charge in [-0.3, -0.25) is 0 Å². The fourth-order valence-electron chi connectivity index (χ4n) is 3.41. The number of ether oxygens (including phenoxy) is 1. The van der Waals surface area contributed by atoms with Crippen molar-refractivity contribution in [3.8, 4) is 5.75 Å². The lowest BCUT2D eigenvalue weighted by atomic mass is 10.0. The van der Waals surface area contributed by atoms with E-state index in [1.54, 1.807) is 12.1 Å². The summed E-state index contributed by atoms with van der Waals surface area (Å²) in [5, 5.41) is 32.5. The average Bonchev–Trinajstić information content (AvgIpc) is 2.77. The second-order valence-electron chi connectivity index (χ2n) is 7.74. The maximum atomic E-state index is 10.2. The van der Waals surface area contributed by atoms with E-state index in [0.717, 1.165) is 58.3 Å². The molecule has 4 N–H and O–H groups in total. The molecule has 0 spiro atoms. The molecule has 2 aromatic rings. The first kappa shape index (κ1) is 24.4. The molecule has 0 saturated heterocycles. The fraction of sp³-hybridized carbons (Fsp3) is 0.520. The number of phenols is 1. The van der Waals surface area contributed by atoms with Crippen LogP contribution in [0.5, 0.6) is 5.75 Å². The van der Waals surface area contributed by atoms with Crippen molar-refractivity contribution in [2.45, 2.75) is 57.7 Å². The van der Waals surface area contributed by atoms with Crippen LogP contribution in [-0.2, 0) is 17.8 Å². The maximum Gasteiger partial charge on any atom is 0.121 e. The van der Waals surface area contributed by atoms with E-state index in [4.69, 9.17) is 4.74 Å². The number of unbranched alkanes of at least 4 members (excludes halogenated alkanes) is 4. The van der Waals surface area contributed by atoms with Crippen molar-refractivity contribution in [1.29, 1.82) is 0 Å². The van der Waals surface area contributed by atoms with Gasteiger partial charge in [-0.05, 0) is 61.9 Å². The third-order valence-electron chi connectivity index (χ3n) is 5.21. The van der Waals surface area contributed by atoms with Gasteiger partial charge in [0.15, 0.2) is 0 Å². The first-order valence-electron chi connectivity index (χ1n) is 11.1. The number of rotatable bonds is 16. The Kier molecular flexibility index (Phi) is 12.1. The van der Waals surface area contributed by atoms with Gasteiger partial charge in [0.1, 0.15) is 5.75 Å². The number of phenolic OH excluding ortho intramolecular Hbond substituents is 1. The van der Waals surface area contributed by atoms with Gasteiger partial charge in [-0.25, -0.2) is 0 Å². The molecule has 0 aliphatic heterocycles. The van der Waals surface area contributed by atoms with E-state index in [1.165, 1.54) is 18.1 Å². The Morgan fingerprint density at radius 3 is 2.33 bits per heavy atom. The number of aliphatic hydroxyl groups is 2. The number of aryl methyl sites for hydroxylation is 1. The van der Waals surface area contributed by atoms with E-state index < -0.39 is 6.10 Å². The van der Waals surface area contributed by atoms with E-state index in [2.05, 4.69) is 35.6 Å². The molecule has 0 aromatic heterocycles. The summed E-state index contributed by atoms with van der Waals surface area (Å²) >= 11 is 0. The quantitative estimate of drug-likeness (QED) is 0.310. The Labute approximate surface area is 180 Å². The SMILES string of the molecule is OCc1ccc(O)c(C(O)CNCCCCCCOCCCCc2ccccc2)c1. The highest BCUT2D eigenvalue weighted by molar-refractivity contribution is 5.37. The van der Waals surface area contributed by atoms with E-state index >= 15 is 0 Å². The Morgan fingerprint density at radius 1 is 0.833 bits per heavy atom. The van der Waals surface area contributed by atoms with Crippen molar-refractivity contribution in [2.75, 3.05) is 26.3 Å². The largest absolute Gasteiger partial charge is 0.508 e. The lowest BCUT2D eigenvalue weighted by molar-refractivity contribution is 0.126. The van der Waals surface area contributed by atoms with Crippen LogP contribution in [0.3, 0.4) is 0 Å². The summed E-state index contributed by atoms with van der Waals surface area (Å²) in [4.78, 5) is 0. The molecule has 0 heterocycles. The summed E-state index contributed by atoms with van der Waals surface area (Å²) in [5.74, 6) is 0.0570. The first-order valence-corrected chi connectivity index (χ1v) is 11.1. The minimum Gasteiger partial charge on any atom is -0.508 e. The van der Waals surface area contributed by atoms with Gasteiger partial charge in [0.2, 0.25) is 0 Å². The van der Waals surface area contributed by atoms with Gasteiger partial charge in [-0.15, -0.1) is 0 Å². The molecule has 2 aromatic carbocycles. The van der Waals surface area contributed by atoms with Gasteiger partial charge >= 0.3 is 0 Å². The Hall–Kier alpha value is -1.92. The van der Waals surface area contributed by atoms with Gasteiger partial charge in [-0.2, -0.15) is 0 Å². The Bertz CT molecular complexity index is 693. The predicted molar refractivity (Wildman–Crippen MR) is 121 cm³/mol. The van der Waals surface area contributed by atoms with Gasteiger partial charge in [0.25, 0.3) is 0 Å². The third-order valence-corrected chi connectivity index (χ3v) is 5.21. The van der Waals surface area contributed by atoms with Crippen LogP contribution in [0, 0.1) is 0 Å². The molecule has 1 unspecified atom stereocenters. The number of benzene rings is 2. The average molecular weight is 416 g/mol. The van der Waals surface area contributed by atoms with Crippen LogP contribution < -0.4 is 5.32 Å². The summed E-state index contributed by atoms with van der Waals surface area (Å²) in [7, 11) is 0. The summed E-state index contributed by atoms with van der Waals surface area (Å²) in [6.07, 6.45) is 7.03. The minimum atomic E-state index is -0.785. The van der Waals surface area contributed by atoms with E-state index in [1.807, 2.05) is 0 Å². The smallest absolute Gasteiger partial charge is 0.121 e. The van der Waals surface area contributed by atoms with Crippen molar-refractivity contribution < 1.29 is 20.1 Å². The monoisotopic (exact) mass is 415 g/mol. The van der Waals surface area contributed by atoms with Crippen LogP contribution in [0.4, 0.5) is 0 Å². The molecule has 0 amide bonds. The third kappa shape index (κ3) is 9.72. The highest BCUT2D eigenvalue weighted by atomic mass is 16.5. The van der Waals surface area contributed by atoms with Crippen molar-refractivity contribution >= 4 is 0 Å². The number of aliphatic hydroxyl groups excluding tert-OH is 2. The molecule has 166 valence electrons. The van der Waals surface area contributed by atoms with Gasteiger partial charge < -0.3 is 25.4 Å². The van der Waals surface area contributed by atoms with Crippen LogP contribution in [0.1, 0.15) is 61.3 Å². The molecule has 0 fully saturated rings. The van der Waals surface area contributed by atoms with Crippen LogP contribution in [-0.4, -0.2) is 41.6 Å². The second-order valence-corrected chi connectivity index (χ2v) is 7.74. The van der Waals surface area contributed by atoms with Crippen LogP contribution >= 0.6 is 0 Å². The lowest BCUT2D eigenvalue weighted by Crippen LogP contribution is -2.22. The van der Waals surface area contributed by atoms with Crippen LogP contribution in [0.15, 0.2) is 48.5 Å². The van der Waals surface area contributed by atoms with Crippen LogP contribution in [0.2, 0.25) is 0 Å². The molecule has 30 heavy (non-hydrogen) atoms. The molecular formula is C25H37NO4. The Balaban J connectivity index is 1.39. The topological polar surface area (TPSA) is 82.0 Å². The molecular weight excluding hydrogens is 378 g/mol. The van der Waals surface area contributed by atoms with Crippen molar-refractivity contribution in [3.63, 3.8) is 0 Å². The van der Waals surface area contributed by atoms with E-state index in [-0.39, 0.29) is 12.4 Å². The summed E-state index contributed by atoms with van der Waals surface area (Å²) < 4.78 is 5.72. The molecule has 5 nitrogen and oxygen atoms in total. The van der Waals surface area contributed by atoms with Gasteiger partial charge in [0, 0.05) is 25.3 Å². The zero-order valence-corrected chi connectivity index (χ0v) is 17.9. The molecule has 1 atom stereocenters. The van der Waals surface area contributed by atoms with Crippen molar-refractivity contribution in [3.05, 3.63) is 65.2 Å². The molecule has 5 heteroatoms. The van der Waals surface area contributed by atoms with Crippen molar-refractivity contribution in [1.82, 2.24) is 5.32 Å². The molecule has 2 rings (SSSR count). The fourth-order valence-corrected chi connectivity index (χ4v) is 3.41. The standard InChI is InChI=1S/C25H37NO4/c27-20-22-13-14-24(28)23(18-22)25(29)19-26-15-7-1-2-8-16-30-17-9-6-12-21-10-4-3-5-11-21/h3-5,10-11,13-14,18,25-29H,1-2,6-9,12,15-17,19-20H2. The molecule has 0 aliphatic carbocycles. The predicted octanol–water partition coefficient (Wildman–Crippen LogP) is 4.11. The highest BCUT2D eigenvalue weighted by Gasteiger charge is 2.12. The molecule has 0 saturated carbocycles. The zero-order chi connectivity index (χ0) is 21.4. The van der Waals surface area contributed by atoms with Crippen LogP contribution in [0.25, 0.3) is 0 Å². The summed E-state index contributed by atoms with van der Waals surface area (Å²) in [5.41, 5.74) is 2.53. The zero-order valence-electron chi connectivity index (χ0n) is 17.9. The highest BCUT2D eigenvalue weighted by Crippen LogP contribution is 2.25. The molecule has 0 bridgehead atoms. The Morgan fingerprint density at radius 2 is 1.57 bits per heavy atom.